The normalized spacial score (nSPS) is 10.7. The van der Waals surface area contributed by atoms with Crippen LogP contribution in [0.3, 0.4) is 0 Å². The van der Waals surface area contributed by atoms with E-state index < -0.39 is 0 Å². The summed E-state index contributed by atoms with van der Waals surface area (Å²) in [6, 6.07) is 6.14. The summed E-state index contributed by atoms with van der Waals surface area (Å²) in [5.74, 6) is 0.325. The lowest BCUT2D eigenvalue weighted by molar-refractivity contribution is -0.120. The van der Waals surface area contributed by atoms with E-state index in [1.54, 1.807) is 0 Å². The Hall–Kier alpha value is -1.31. The monoisotopic (exact) mass is 247 g/mol. The van der Waals surface area contributed by atoms with Gasteiger partial charge in [-0.05, 0) is 38.3 Å². The minimum absolute atomic E-state index is 0.153. The molecule has 0 heterocycles. The summed E-state index contributed by atoms with van der Waals surface area (Å²) >= 11 is 0. The zero-order chi connectivity index (χ0) is 13.5. The van der Waals surface area contributed by atoms with Crippen molar-refractivity contribution >= 4 is 11.6 Å². The molecule has 2 nitrogen and oxygen atoms in total. The predicted octanol–water partition coefficient (Wildman–Crippen LogP) is 4.46. The van der Waals surface area contributed by atoms with Crippen molar-refractivity contribution in [2.24, 2.45) is 5.92 Å². The maximum absolute atomic E-state index is 12.2. The average molecular weight is 247 g/mol. The molecular weight excluding hydrogens is 222 g/mol. The minimum atomic E-state index is 0.153. The van der Waals surface area contributed by atoms with Gasteiger partial charge < -0.3 is 5.32 Å². The van der Waals surface area contributed by atoms with Crippen molar-refractivity contribution in [3.05, 3.63) is 29.3 Å². The van der Waals surface area contributed by atoms with Gasteiger partial charge in [-0.15, -0.1) is 0 Å². The van der Waals surface area contributed by atoms with Crippen LogP contribution in [0.4, 0.5) is 5.69 Å². The van der Waals surface area contributed by atoms with Crippen molar-refractivity contribution in [3.8, 4) is 0 Å². The molecule has 0 saturated heterocycles. The lowest BCUT2D eigenvalue weighted by Crippen LogP contribution is -2.23. The van der Waals surface area contributed by atoms with Crippen LogP contribution >= 0.6 is 0 Å². The van der Waals surface area contributed by atoms with E-state index in [0.717, 1.165) is 36.9 Å². The Morgan fingerprint density at radius 2 is 1.78 bits per heavy atom. The van der Waals surface area contributed by atoms with E-state index in [2.05, 4.69) is 32.2 Å². The molecule has 0 aromatic heterocycles. The number of rotatable bonds is 6. The Kier molecular flexibility index (Phi) is 5.90. The molecule has 0 aliphatic carbocycles. The molecule has 0 saturated carbocycles. The number of nitrogens with one attached hydrogen (secondary N) is 1. The molecule has 100 valence electrons. The largest absolute Gasteiger partial charge is 0.326 e. The molecule has 1 N–H and O–H groups in total. The van der Waals surface area contributed by atoms with Gasteiger partial charge in [-0.25, -0.2) is 0 Å². The molecule has 1 amide bonds. The van der Waals surface area contributed by atoms with E-state index in [4.69, 9.17) is 0 Å². The first-order valence-electron chi connectivity index (χ1n) is 6.96. The van der Waals surface area contributed by atoms with Crippen LogP contribution in [0.1, 0.15) is 50.7 Å². The first-order valence-corrected chi connectivity index (χ1v) is 6.96. The summed E-state index contributed by atoms with van der Waals surface area (Å²) < 4.78 is 0. The number of amides is 1. The smallest absolute Gasteiger partial charge is 0.227 e. The Morgan fingerprint density at radius 1 is 1.17 bits per heavy atom. The molecule has 1 rings (SSSR count). The second-order valence-electron chi connectivity index (χ2n) is 5.08. The predicted molar refractivity (Wildman–Crippen MR) is 77.9 cm³/mol. The molecule has 0 fully saturated rings. The zero-order valence-electron chi connectivity index (χ0n) is 12.0. The van der Waals surface area contributed by atoms with Crippen molar-refractivity contribution in [2.45, 2.75) is 53.4 Å². The van der Waals surface area contributed by atoms with E-state index in [1.165, 1.54) is 5.56 Å². The van der Waals surface area contributed by atoms with Crippen LogP contribution in [-0.2, 0) is 4.79 Å². The number of carbonyl (C=O) groups excluding carboxylic acids is 1. The van der Waals surface area contributed by atoms with Crippen LogP contribution in [0.15, 0.2) is 18.2 Å². The lowest BCUT2D eigenvalue weighted by Gasteiger charge is -2.16. The number of hydrogen-bond donors (Lipinski definition) is 1. The third-order valence-corrected chi connectivity index (χ3v) is 3.28. The molecule has 0 unspecified atom stereocenters. The van der Waals surface area contributed by atoms with E-state index in [-0.39, 0.29) is 11.8 Å². The summed E-state index contributed by atoms with van der Waals surface area (Å²) in [6.45, 7) is 8.37. The number of hydrogen-bond acceptors (Lipinski definition) is 1. The molecule has 0 spiro atoms. The van der Waals surface area contributed by atoms with Gasteiger partial charge in [0.15, 0.2) is 0 Å². The van der Waals surface area contributed by atoms with Crippen LogP contribution in [0.2, 0.25) is 0 Å². The standard InChI is InChI=1S/C16H25NO/c1-5-7-14(8-6-2)16(18)17-15-10-9-12(3)11-13(15)4/h9-11,14H,5-8H2,1-4H3,(H,17,18). The van der Waals surface area contributed by atoms with Gasteiger partial charge in [-0.1, -0.05) is 44.4 Å². The molecule has 0 radical (unpaired) electrons. The molecule has 0 aliphatic rings. The average Bonchev–Trinajstić information content (AvgIpc) is 2.32. The summed E-state index contributed by atoms with van der Waals surface area (Å²) in [5, 5.41) is 3.07. The topological polar surface area (TPSA) is 29.1 Å². The molecule has 18 heavy (non-hydrogen) atoms. The highest BCUT2D eigenvalue weighted by Gasteiger charge is 2.17. The molecule has 0 aliphatic heterocycles. The van der Waals surface area contributed by atoms with Crippen LogP contribution in [-0.4, -0.2) is 5.91 Å². The van der Waals surface area contributed by atoms with E-state index in [1.807, 2.05) is 19.1 Å². The highest BCUT2D eigenvalue weighted by atomic mass is 16.1. The third-order valence-electron chi connectivity index (χ3n) is 3.28. The van der Waals surface area contributed by atoms with Crippen LogP contribution < -0.4 is 5.32 Å². The molecular formula is C16H25NO. The highest BCUT2D eigenvalue weighted by molar-refractivity contribution is 5.93. The van der Waals surface area contributed by atoms with E-state index in [0.29, 0.717) is 0 Å². The fraction of sp³-hybridized carbons (Fsp3) is 0.562. The van der Waals surface area contributed by atoms with Gasteiger partial charge in [0.25, 0.3) is 0 Å². The quantitative estimate of drug-likeness (QED) is 0.790. The summed E-state index contributed by atoms with van der Waals surface area (Å²) in [7, 11) is 0. The maximum Gasteiger partial charge on any atom is 0.227 e. The van der Waals surface area contributed by atoms with Crippen molar-refractivity contribution < 1.29 is 4.79 Å². The number of carbonyl (C=O) groups is 1. The van der Waals surface area contributed by atoms with Crippen LogP contribution in [0.5, 0.6) is 0 Å². The second-order valence-corrected chi connectivity index (χ2v) is 5.08. The Labute approximate surface area is 111 Å². The lowest BCUT2D eigenvalue weighted by atomic mass is 9.97. The number of aryl methyl sites for hydroxylation is 2. The highest BCUT2D eigenvalue weighted by Crippen LogP contribution is 2.20. The van der Waals surface area contributed by atoms with Gasteiger partial charge in [-0.3, -0.25) is 4.79 Å². The number of anilines is 1. The first-order chi connectivity index (χ1) is 8.58. The fourth-order valence-corrected chi connectivity index (χ4v) is 2.29. The van der Waals surface area contributed by atoms with Gasteiger partial charge in [-0.2, -0.15) is 0 Å². The molecule has 0 atom stereocenters. The Balaban J connectivity index is 2.72. The SMILES string of the molecule is CCCC(CCC)C(=O)Nc1ccc(C)cc1C. The Morgan fingerprint density at radius 3 is 2.28 bits per heavy atom. The Bertz CT molecular complexity index is 392. The first kappa shape index (κ1) is 14.7. The minimum Gasteiger partial charge on any atom is -0.326 e. The van der Waals surface area contributed by atoms with Crippen LogP contribution in [0.25, 0.3) is 0 Å². The third kappa shape index (κ3) is 4.17. The van der Waals surface area contributed by atoms with Gasteiger partial charge >= 0.3 is 0 Å². The van der Waals surface area contributed by atoms with Crippen molar-refractivity contribution in [1.82, 2.24) is 0 Å². The van der Waals surface area contributed by atoms with Crippen molar-refractivity contribution in [1.29, 1.82) is 0 Å². The maximum atomic E-state index is 12.2. The van der Waals surface area contributed by atoms with Gasteiger partial charge in [0.05, 0.1) is 0 Å². The van der Waals surface area contributed by atoms with Crippen LogP contribution in [0, 0.1) is 19.8 Å². The summed E-state index contributed by atoms with van der Waals surface area (Å²) in [4.78, 5) is 12.2. The van der Waals surface area contributed by atoms with Gasteiger partial charge in [0.2, 0.25) is 5.91 Å². The molecule has 1 aromatic rings. The van der Waals surface area contributed by atoms with E-state index >= 15 is 0 Å². The fourth-order valence-electron chi connectivity index (χ4n) is 2.29. The van der Waals surface area contributed by atoms with E-state index in [9.17, 15) is 4.79 Å². The van der Waals surface area contributed by atoms with Crippen molar-refractivity contribution in [3.63, 3.8) is 0 Å². The summed E-state index contributed by atoms with van der Waals surface area (Å²) in [6.07, 6.45) is 4.07. The van der Waals surface area contributed by atoms with Crippen molar-refractivity contribution in [2.75, 3.05) is 5.32 Å². The van der Waals surface area contributed by atoms with Gasteiger partial charge in [0, 0.05) is 11.6 Å². The molecule has 2 heteroatoms. The second kappa shape index (κ2) is 7.20. The summed E-state index contributed by atoms with van der Waals surface area (Å²) in [5.41, 5.74) is 3.31. The zero-order valence-corrected chi connectivity index (χ0v) is 12.0. The number of benzene rings is 1. The van der Waals surface area contributed by atoms with Gasteiger partial charge in [0.1, 0.15) is 0 Å². The molecule has 1 aromatic carbocycles. The molecule has 0 bridgehead atoms.